The van der Waals surface area contributed by atoms with E-state index in [2.05, 4.69) is 22.9 Å². The van der Waals surface area contributed by atoms with Crippen LogP contribution >= 0.6 is 15.9 Å². The minimum Gasteiger partial charge on any atom is -0.195 e. The number of piperidine rings is 1. The Hall–Kier alpha value is 0.350. The highest BCUT2D eigenvalue weighted by atomic mass is 79.9. The summed E-state index contributed by atoms with van der Waals surface area (Å²) in [6.07, 6.45) is 6.28. The number of hydrogen-bond donors (Lipinski definition) is 0. The van der Waals surface area contributed by atoms with Crippen LogP contribution in [-0.4, -0.2) is 48.0 Å². The maximum Gasteiger partial charge on any atom is 0.281 e. The first-order valence-corrected chi connectivity index (χ1v) is 9.72. The fourth-order valence-electron chi connectivity index (χ4n) is 3.00. The van der Waals surface area contributed by atoms with Crippen LogP contribution in [-0.2, 0) is 10.2 Å². The second kappa shape index (κ2) is 6.87. The molecule has 2 saturated heterocycles. The molecule has 2 rings (SSSR count). The quantitative estimate of drug-likeness (QED) is 0.732. The van der Waals surface area contributed by atoms with Crippen molar-refractivity contribution in [2.24, 2.45) is 5.92 Å². The minimum atomic E-state index is -3.21. The summed E-state index contributed by atoms with van der Waals surface area (Å²) in [5.41, 5.74) is 0. The lowest BCUT2D eigenvalue weighted by molar-refractivity contribution is 0.255. The van der Waals surface area contributed by atoms with Crippen molar-refractivity contribution in [2.45, 2.75) is 50.3 Å². The predicted octanol–water partition coefficient (Wildman–Crippen LogP) is 2.60. The third kappa shape index (κ3) is 3.93. The molecule has 0 amide bonds. The number of alkyl halides is 1. The molecule has 19 heavy (non-hydrogen) atoms. The molecule has 2 aliphatic heterocycles. The van der Waals surface area contributed by atoms with Gasteiger partial charge >= 0.3 is 0 Å². The van der Waals surface area contributed by atoms with E-state index in [1.165, 1.54) is 0 Å². The number of halogens is 1. The van der Waals surface area contributed by atoms with Crippen LogP contribution in [0.1, 0.15) is 45.4 Å². The summed E-state index contributed by atoms with van der Waals surface area (Å²) < 4.78 is 28.6. The monoisotopic (exact) mass is 352 g/mol. The molecular formula is C13H25BrN2O2S. The van der Waals surface area contributed by atoms with E-state index in [0.717, 1.165) is 38.5 Å². The standard InChI is InChI=1S/C13H25BrN2O2S/c1-12(14)13-6-10-16(11-7-13)19(17,18)15-8-4-2-3-5-9-15/h12-13H,2-11H2,1H3. The van der Waals surface area contributed by atoms with E-state index in [-0.39, 0.29) is 0 Å². The largest absolute Gasteiger partial charge is 0.281 e. The van der Waals surface area contributed by atoms with Crippen LogP contribution in [0.4, 0.5) is 0 Å². The maximum absolute atomic E-state index is 12.6. The molecule has 2 aliphatic rings. The fraction of sp³-hybridized carbons (Fsp3) is 1.00. The van der Waals surface area contributed by atoms with Crippen LogP contribution < -0.4 is 0 Å². The first-order valence-electron chi connectivity index (χ1n) is 7.41. The average molecular weight is 353 g/mol. The van der Waals surface area contributed by atoms with Crippen LogP contribution in [0.25, 0.3) is 0 Å². The lowest BCUT2D eigenvalue weighted by Crippen LogP contribution is -2.48. The first-order chi connectivity index (χ1) is 9.01. The van der Waals surface area contributed by atoms with Crippen molar-refractivity contribution < 1.29 is 8.42 Å². The summed E-state index contributed by atoms with van der Waals surface area (Å²) in [6.45, 7) is 4.93. The molecule has 0 aromatic heterocycles. The molecule has 4 nitrogen and oxygen atoms in total. The molecule has 0 aliphatic carbocycles. The first kappa shape index (κ1) is 15.7. The Bertz CT molecular complexity index is 370. The Balaban J connectivity index is 1.96. The van der Waals surface area contributed by atoms with Crippen LogP contribution in [0, 0.1) is 5.92 Å². The molecule has 0 aromatic rings. The second-order valence-electron chi connectivity index (χ2n) is 5.74. The minimum absolute atomic E-state index is 0.482. The molecule has 1 atom stereocenters. The highest BCUT2D eigenvalue weighted by Crippen LogP contribution is 2.27. The molecule has 1 unspecified atom stereocenters. The molecular weight excluding hydrogens is 328 g/mol. The molecule has 0 bridgehead atoms. The van der Waals surface area contributed by atoms with Gasteiger partial charge in [0.15, 0.2) is 0 Å². The van der Waals surface area contributed by atoms with Crippen molar-refractivity contribution in [1.29, 1.82) is 0 Å². The zero-order valence-electron chi connectivity index (χ0n) is 11.7. The van der Waals surface area contributed by atoms with Gasteiger partial charge in [-0.25, -0.2) is 0 Å². The Labute approximate surface area is 125 Å². The summed E-state index contributed by atoms with van der Waals surface area (Å²) in [7, 11) is -3.21. The number of hydrogen-bond acceptors (Lipinski definition) is 2. The van der Waals surface area contributed by atoms with Crippen molar-refractivity contribution in [2.75, 3.05) is 26.2 Å². The van der Waals surface area contributed by atoms with Crippen molar-refractivity contribution in [3.8, 4) is 0 Å². The van der Waals surface area contributed by atoms with E-state index < -0.39 is 10.2 Å². The molecule has 6 heteroatoms. The summed E-state index contributed by atoms with van der Waals surface area (Å²) in [5.74, 6) is 0.607. The highest BCUT2D eigenvalue weighted by Gasteiger charge is 2.33. The van der Waals surface area contributed by atoms with Gasteiger partial charge in [0.05, 0.1) is 0 Å². The molecule has 2 heterocycles. The van der Waals surface area contributed by atoms with Crippen molar-refractivity contribution >= 4 is 26.1 Å². The topological polar surface area (TPSA) is 40.6 Å². The molecule has 0 aromatic carbocycles. The Morgan fingerprint density at radius 3 is 1.89 bits per heavy atom. The Kier molecular flexibility index (Phi) is 5.69. The SMILES string of the molecule is CC(Br)C1CCN(S(=O)(=O)N2CCCCCC2)CC1. The Morgan fingerprint density at radius 2 is 1.42 bits per heavy atom. The van der Waals surface area contributed by atoms with Crippen molar-refractivity contribution in [1.82, 2.24) is 8.61 Å². The summed E-state index contributed by atoms with van der Waals surface area (Å²) in [5, 5.41) is 0. The molecule has 0 saturated carbocycles. The van der Waals surface area contributed by atoms with Gasteiger partial charge in [0.1, 0.15) is 0 Å². The van der Waals surface area contributed by atoms with Gasteiger partial charge in [0.2, 0.25) is 0 Å². The smallest absolute Gasteiger partial charge is 0.195 e. The van der Waals surface area contributed by atoms with E-state index in [0.29, 0.717) is 36.9 Å². The number of nitrogens with zero attached hydrogens (tertiary/aromatic N) is 2. The van der Waals surface area contributed by atoms with E-state index >= 15 is 0 Å². The third-order valence-corrected chi connectivity index (χ3v) is 7.15. The molecule has 0 spiro atoms. The van der Waals surface area contributed by atoms with E-state index in [1.54, 1.807) is 8.61 Å². The fourth-order valence-corrected chi connectivity index (χ4v) is 5.25. The maximum atomic E-state index is 12.6. The van der Waals surface area contributed by atoms with Gasteiger partial charge in [-0.3, -0.25) is 0 Å². The molecule has 0 radical (unpaired) electrons. The zero-order chi connectivity index (χ0) is 13.9. The van der Waals surface area contributed by atoms with Crippen LogP contribution in [0.15, 0.2) is 0 Å². The summed E-state index contributed by atoms with van der Waals surface area (Å²) in [4.78, 5) is 0.482. The molecule has 0 N–H and O–H groups in total. The highest BCUT2D eigenvalue weighted by molar-refractivity contribution is 9.09. The average Bonchev–Trinajstić information content (AvgIpc) is 2.68. The second-order valence-corrected chi connectivity index (χ2v) is 9.11. The van der Waals surface area contributed by atoms with Gasteiger partial charge in [0.25, 0.3) is 10.2 Å². The van der Waals surface area contributed by atoms with Gasteiger partial charge in [-0.15, -0.1) is 0 Å². The van der Waals surface area contributed by atoms with Crippen molar-refractivity contribution in [3.63, 3.8) is 0 Å². The van der Waals surface area contributed by atoms with Gasteiger partial charge in [-0.2, -0.15) is 17.0 Å². The van der Waals surface area contributed by atoms with Gasteiger partial charge in [-0.05, 0) is 31.6 Å². The summed E-state index contributed by atoms with van der Waals surface area (Å²) >= 11 is 3.61. The van der Waals surface area contributed by atoms with Gasteiger partial charge < -0.3 is 0 Å². The van der Waals surface area contributed by atoms with Crippen LogP contribution in [0.3, 0.4) is 0 Å². The van der Waals surface area contributed by atoms with Crippen molar-refractivity contribution in [3.05, 3.63) is 0 Å². The van der Waals surface area contributed by atoms with Gasteiger partial charge in [0, 0.05) is 31.0 Å². The normalized spacial score (nSPS) is 27.1. The van der Waals surface area contributed by atoms with Crippen LogP contribution in [0.2, 0.25) is 0 Å². The lowest BCUT2D eigenvalue weighted by Gasteiger charge is -2.35. The lowest BCUT2D eigenvalue weighted by atomic mass is 9.96. The van der Waals surface area contributed by atoms with E-state index in [4.69, 9.17) is 0 Å². The van der Waals surface area contributed by atoms with E-state index in [1.807, 2.05) is 0 Å². The van der Waals surface area contributed by atoms with Gasteiger partial charge in [-0.1, -0.05) is 35.7 Å². The van der Waals surface area contributed by atoms with E-state index in [9.17, 15) is 8.42 Å². The van der Waals surface area contributed by atoms with Crippen LogP contribution in [0.5, 0.6) is 0 Å². The molecule has 112 valence electrons. The number of rotatable bonds is 3. The predicted molar refractivity (Wildman–Crippen MR) is 81.6 cm³/mol. The summed E-state index contributed by atoms with van der Waals surface area (Å²) in [6, 6.07) is 0. The third-order valence-electron chi connectivity index (χ3n) is 4.37. The zero-order valence-corrected chi connectivity index (χ0v) is 14.1. The molecule has 2 fully saturated rings. The Morgan fingerprint density at radius 1 is 0.947 bits per heavy atom.